The van der Waals surface area contributed by atoms with E-state index in [-0.39, 0.29) is 18.4 Å². The van der Waals surface area contributed by atoms with Crippen LogP contribution in [-0.4, -0.2) is 27.0 Å². The van der Waals surface area contributed by atoms with E-state index >= 15 is 0 Å². The predicted octanol–water partition coefficient (Wildman–Crippen LogP) is 2.65. The molecule has 2 rings (SSSR count). The molecule has 0 bridgehead atoms. The van der Waals surface area contributed by atoms with Gasteiger partial charge in [-0.1, -0.05) is 19.9 Å². The molecule has 4 nitrogen and oxygen atoms in total. The fraction of sp³-hybridized carbons (Fsp3) is 0.625. The van der Waals surface area contributed by atoms with E-state index in [4.69, 9.17) is 0 Å². The number of hydrogen-bond donors (Lipinski definition) is 2. The Balaban J connectivity index is 0.00000242. The second-order valence-corrected chi connectivity index (χ2v) is 7.55. The van der Waals surface area contributed by atoms with Crippen LogP contribution < -0.4 is 10.0 Å². The Labute approximate surface area is 140 Å². The van der Waals surface area contributed by atoms with E-state index < -0.39 is 10.0 Å². The van der Waals surface area contributed by atoms with Crippen LogP contribution in [0.2, 0.25) is 0 Å². The van der Waals surface area contributed by atoms with Crippen LogP contribution in [0.1, 0.15) is 44.7 Å². The van der Waals surface area contributed by atoms with E-state index in [0.29, 0.717) is 10.9 Å². The highest BCUT2D eigenvalue weighted by atomic mass is 35.5. The molecule has 1 heterocycles. The van der Waals surface area contributed by atoms with Gasteiger partial charge < -0.3 is 5.32 Å². The van der Waals surface area contributed by atoms with Gasteiger partial charge in [0, 0.05) is 12.1 Å². The molecule has 1 fully saturated rings. The third-order valence-corrected chi connectivity index (χ3v) is 5.71. The SMILES string of the molecule is CCc1ccc(S(=O)(=O)NC2CCNC(C)C2)cc1CC.Cl. The number of piperidine rings is 1. The van der Waals surface area contributed by atoms with Crippen LogP contribution in [0.4, 0.5) is 0 Å². The van der Waals surface area contributed by atoms with E-state index in [1.807, 2.05) is 12.1 Å². The standard InChI is InChI=1S/C16H26N2O2S.ClH/c1-4-13-6-7-16(11-14(13)5-2)21(19,20)18-15-8-9-17-12(3)10-15;/h6-7,11-12,15,17-18H,4-5,8-10H2,1-3H3;1H. The minimum absolute atomic E-state index is 0. The molecule has 1 aromatic carbocycles. The van der Waals surface area contributed by atoms with E-state index in [0.717, 1.165) is 37.8 Å². The third kappa shape index (κ3) is 4.69. The number of rotatable bonds is 5. The first-order valence-electron chi connectivity index (χ1n) is 7.83. The molecule has 0 spiro atoms. The molecule has 1 saturated heterocycles. The number of aryl methyl sites for hydroxylation is 2. The van der Waals surface area contributed by atoms with Crippen LogP contribution in [0, 0.1) is 0 Å². The average Bonchev–Trinajstić information content (AvgIpc) is 2.46. The fourth-order valence-electron chi connectivity index (χ4n) is 2.97. The predicted molar refractivity (Wildman–Crippen MR) is 93.3 cm³/mol. The Bertz CT molecular complexity index is 590. The first-order valence-corrected chi connectivity index (χ1v) is 9.32. The molecule has 1 aliphatic rings. The topological polar surface area (TPSA) is 58.2 Å². The van der Waals surface area contributed by atoms with Crippen LogP contribution in [0.3, 0.4) is 0 Å². The maximum atomic E-state index is 12.5. The summed E-state index contributed by atoms with van der Waals surface area (Å²) >= 11 is 0. The monoisotopic (exact) mass is 346 g/mol. The summed E-state index contributed by atoms with van der Waals surface area (Å²) in [5.74, 6) is 0. The number of halogens is 1. The molecule has 0 amide bonds. The summed E-state index contributed by atoms with van der Waals surface area (Å²) in [7, 11) is -3.42. The highest BCUT2D eigenvalue weighted by molar-refractivity contribution is 7.89. The Kier molecular flexibility index (Phi) is 7.32. The van der Waals surface area contributed by atoms with E-state index in [2.05, 4.69) is 30.8 Å². The lowest BCUT2D eigenvalue weighted by Crippen LogP contribution is -2.46. The van der Waals surface area contributed by atoms with Crippen molar-refractivity contribution < 1.29 is 8.42 Å². The third-order valence-electron chi connectivity index (χ3n) is 4.20. The summed E-state index contributed by atoms with van der Waals surface area (Å²) in [5.41, 5.74) is 2.35. The minimum Gasteiger partial charge on any atom is -0.314 e. The lowest BCUT2D eigenvalue weighted by atomic mass is 10.0. The van der Waals surface area contributed by atoms with Gasteiger partial charge in [0.1, 0.15) is 0 Å². The van der Waals surface area contributed by atoms with Gasteiger partial charge in [0.25, 0.3) is 0 Å². The second-order valence-electron chi connectivity index (χ2n) is 5.84. The number of hydrogen-bond acceptors (Lipinski definition) is 3. The highest BCUT2D eigenvalue weighted by Gasteiger charge is 2.24. The van der Waals surface area contributed by atoms with Crippen LogP contribution in [0.25, 0.3) is 0 Å². The molecular weight excluding hydrogens is 320 g/mol. The molecule has 2 N–H and O–H groups in total. The molecule has 2 atom stereocenters. The van der Waals surface area contributed by atoms with Crippen molar-refractivity contribution in [3.63, 3.8) is 0 Å². The molecule has 126 valence electrons. The largest absolute Gasteiger partial charge is 0.314 e. The van der Waals surface area contributed by atoms with Gasteiger partial charge in [-0.25, -0.2) is 13.1 Å². The van der Waals surface area contributed by atoms with Crippen molar-refractivity contribution in [2.75, 3.05) is 6.54 Å². The van der Waals surface area contributed by atoms with Gasteiger partial charge in [-0.05, 0) is 62.4 Å². The van der Waals surface area contributed by atoms with Crippen LogP contribution in [0.15, 0.2) is 23.1 Å². The van der Waals surface area contributed by atoms with Gasteiger partial charge in [0.05, 0.1) is 4.90 Å². The van der Waals surface area contributed by atoms with Gasteiger partial charge >= 0.3 is 0 Å². The van der Waals surface area contributed by atoms with Crippen molar-refractivity contribution in [3.05, 3.63) is 29.3 Å². The Morgan fingerprint density at radius 2 is 1.91 bits per heavy atom. The molecule has 0 aromatic heterocycles. The van der Waals surface area contributed by atoms with Gasteiger partial charge in [-0.3, -0.25) is 0 Å². The maximum Gasteiger partial charge on any atom is 0.240 e. The van der Waals surface area contributed by atoms with Crippen molar-refractivity contribution in [1.29, 1.82) is 0 Å². The first-order chi connectivity index (χ1) is 9.96. The normalized spacial score (nSPS) is 22.1. The van der Waals surface area contributed by atoms with Gasteiger partial charge in [-0.15, -0.1) is 12.4 Å². The van der Waals surface area contributed by atoms with Crippen molar-refractivity contribution in [2.24, 2.45) is 0 Å². The van der Waals surface area contributed by atoms with E-state index in [1.54, 1.807) is 6.07 Å². The van der Waals surface area contributed by atoms with Crippen molar-refractivity contribution in [2.45, 2.75) is 63.4 Å². The first kappa shape index (κ1) is 19.4. The highest BCUT2D eigenvalue weighted by Crippen LogP contribution is 2.19. The summed E-state index contributed by atoms with van der Waals surface area (Å²) in [6, 6.07) is 5.89. The summed E-state index contributed by atoms with van der Waals surface area (Å²) in [6.07, 6.45) is 3.48. The zero-order valence-electron chi connectivity index (χ0n) is 13.6. The van der Waals surface area contributed by atoms with Crippen LogP contribution >= 0.6 is 12.4 Å². The Hall–Kier alpha value is -0.620. The lowest BCUT2D eigenvalue weighted by Gasteiger charge is -2.28. The second kappa shape index (κ2) is 8.29. The maximum absolute atomic E-state index is 12.5. The average molecular weight is 347 g/mol. The number of nitrogens with one attached hydrogen (secondary N) is 2. The lowest BCUT2D eigenvalue weighted by molar-refractivity contribution is 0.361. The van der Waals surface area contributed by atoms with E-state index in [1.165, 1.54) is 5.56 Å². The molecule has 22 heavy (non-hydrogen) atoms. The summed E-state index contributed by atoms with van der Waals surface area (Å²) in [6.45, 7) is 7.11. The van der Waals surface area contributed by atoms with Crippen molar-refractivity contribution in [1.82, 2.24) is 10.0 Å². The molecule has 6 heteroatoms. The smallest absolute Gasteiger partial charge is 0.240 e. The van der Waals surface area contributed by atoms with Crippen molar-refractivity contribution in [3.8, 4) is 0 Å². The summed E-state index contributed by atoms with van der Waals surface area (Å²) in [4.78, 5) is 0.391. The molecule has 1 aliphatic heterocycles. The minimum atomic E-state index is -3.42. The quantitative estimate of drug-likeness (QED) is 0.861. The van der Waals surface area contributed by atoms with Gasteiger partial charge in [0.15, 0.2) is 0 Å². The van der Waals surface area contributed by atoms with E-state index in [9.17, 15) is 8.42 Å². The van der Waals surface area contributed by atoms with Crippen LogP contribution in [-0.2, 0) is 22.9 Å². The Morgan fingerprint density at radius 1 is 1.23 bits per heavy atom. The summed E-state index contributed by atoms with van der Waals surface area (Å²) < 4.78 is 27.9. The fourth-order valence-corrected chi connectivity index (χ4v) is 4.30. The summed E-state index contributed by atoms with van der Waals surface area (Å²) in [5, 5.41) is 3.34. The number of benzene rings is 1. The van der Waals surface area contributed by atoms with Gasteiger partial charge in [0.2, 0.25) is 10.0 Å². The molecule has 1 aromatic rings. The molecule has 0 radical (unpaired) electrons. The molecular formula is C16H27ClN2O2S. The van der Waals surface area contributed by atoms with Gasteiger partial charge in [-0.2, -0.15) is 0 Å². The molecule has 0 aliphatic carbocycles. The zero-order valence-corrected chi connectivity index (χ0v) is 15.2. The molecule has 2 unspecified atom stereocenters. The van der Waals surface area contributed by atoms with Crippen molar-refractivity contribution >= 4 is 22.4 Å². The zero-order chi connectivity index (χ0) is 15.5. The number of sulfonamides is 1. The molecule has 0 saturated carbocycles. The Morgan fingerprint density at radius 3 is 2.50 bits per heavy atom. The van der Waals surface area contributed by atoms with Crippen LogP contribution in [0.5, 0.6) is 0 Å².